The van der Waals surface area contributed by atoms with Gasteiger partial charge in [0, 0.05) is 13.2 Å². The molecule has 0 saturated heterocycles. The van der Waals surface area contributed by atoms with Crippen molar-refractivity contribution in [2.75, 3.05) is 26.0 Å². The third-order valence-corrected chi connectivity index (χ3v) is 4.65. The van der Waals surface area contributed by atoms with Crippen LogP contribution >= 0.6 is 0 Å². The van der Waals surface area contributed by atoms with E-state index in [1.165, 1.54) is 7.11 Å². The van der Waals surface area contributed by atoms with E-state index in [1.807, 2.05) is 13.8 Å². The second-order valence-corrected chi connectivity index (χ2v) is 5.89. The van der Waals surface area contributed by atoms with Gasteiger partial charge in [-0.15, -0.1) is 0 Å². The zero-order valence-electron chi connectivity index (χ0n) is 9.41. The van der Waals surface area contributed by atoms with Crippen molar-refractivity contribution in [3.8, 4) is 0 Å². The van der Waals surface area contributed by atoms with E-state index >= 15 is 0 Å². The number of sulfone groups is 1. The Labute approximate surface area is 86.9 Å². The molecule has 86 valence electrons. The maximum atomic E-state index is 11.7. The lowest BCUT2D eigenvalue weighted by atomic mass is 10.2. The van der Waals surface area contributed by atoms with Gasteiger partial charge in [0.15, 0.2) is 9.84 Å². The highest BCUT2D eigenvalue weighted by Gasteiger charge is 2.25. The number of hydrogen-bond acceptors (Lipinski definition) is 4. The molecular formula is C9H21NO3S. The van der Waals surface area contributed by atoms with E-state index in [4.69, 9.17) is 4.74 Å². The Kier molecular flexibility index (Phi) is 6.31. The minimum absolute atomic E-state index is 0.0122. The topological polar surface area (TPSA) is 55.4 Å². The molecule has 4 nitrogen and oxygen atoms in total. The first kappa shape index (κ1) is 13.9. The standard InChI is InChI=1S/C9H21NO3S/c1-5-10-8(2)9(3)14(11,12)7-6-13-4/h8-10H,5-7H2,1-4H3. The van der Waals surface area contributed by atoms with Gasteiger partial charge in [0.05, 0.1) is 17.6 Å². The van der Waals surface area contributed by atoms with Gasteiger partial charge in [-0.25, -0.2) is 8.42 Å². The Hall–Kier alpha value is -0.130. The normalized spacial score (nSPS) is 16.6. The summed E-state index contributed by atoms with van der Waals surface area (Å²) in [6.07, 6.45) is 0. The zero-order valence-corrected chi connectivity index (χ0v) is 10.2. The Balaban J connectivity index is 4.27. The molecule has 0 aromatic carbocycles. The third kappa shape index (κ3) is 4.39. The Morgan fingerprint density at radius 1 is 1.36 bits per heavy atom. The molecule has 2 atom stereocenters. The van der Waals surface area contributed by atoms with Crippen molar-refractivity contribution in [3.05, 3.63) is 0 Å². The Morgan fingerprint density at radius 2 is 1.93 bits per heavy atom. The predicted octanol–water partition coefficient (Wildman–Crippen LogP) is 0.434. The molecule has 0 aromatic rings. The van der Waals surface area contributed by atoms with Crippen LogP contribution in [0.2, 0.25) is 0 Å². The summed E-state index contributed by atoms with van der Waals surface area (Å²) in [7, 11) is -1.52. The zero-order chi connectivity index (χ0) is 11.2. The highest BCUT2D eigenvalue weighted by atomic mass is 32.2. The first-order chi connectivity index (χ1) is 6.45. The van der Waals surface area contributed by atoms with Crippen LogP contribution in [0.4, 0.5) is 0 Å². The van der Waals surface area contributed by atoms with Crippen LogP contribution in [0, 0.1) is 0 Å². The van der Waals surface area contributed by atoms with Crippen molar-refractivity contribution in [2.24, 2.45) is 0 Å². The van der Waals surface area contributed by atoms with Crippen molar-refractivity contribution >= 4 is 9.84 Å². The summed E-state index contributed by atoms with van der Waals surface area (Å²) >= 11 is 0. The summed E-state index contributed by atoms with van der Waals surface area (Å²) in [6, 6.07) is -0.0122. The fourth-order valence-corrected chi connectivity index (χ4v) is 2.67. The van der Waals surface area contributed by atoms with E-state index in [1.54, 1.807) is 6.92 Å². The number of hydrogen-bond donors (Lipinski definition) is 1. The molecule has 0 bridgehead atoms. The van der Waals surface area contributed by atoms with Gasteiger partial charge in [-0.3, -0.25) is 0 Å². The Morgan fingerprint density at radius 3 is 2.36 bits per heavy atom. The molecule has 0 aliphatic heterocycles. The molecular weight excluding hydrogens is 202 g/mol. The highest BCUT2D eigenvalue weighted by Crippen LogP contribution is 2.06. The summed E-state index contributed by atoms with van der Waals surface area (Å²) in [4.78, 5) is 0. The lowest BCUT2D eigenvalue weighted by Gasteiger charge is -2.20. The molecule has 0 saturated carbocycles. The van der Waals surface area contributed by atoms with Crippen LogP contribution in [-0.4, -0.2) is 45.7 Å². The molecule has 0 radical (unpaired) electrons. The van der Waals surface area contributed by atoms with E-state index in [-0.39, 0.29) is 23.7 Å². The Bertz CT molecular complexity index is 238. The van der Waals surface area contributed by atoms with Gasteiger partial charge in [-0.05, 0) is 20.4 Å². The molecule has 2 unspecified atom stereocenters. The van der Waals surface area contributed by atoms with Gasteiger partial charge in [0.1, 0.15) is 0 Å². The molecule has 14 heavy (non-hydrogen) atoms. The van der Waals surface area contributed by atoms with Gasteiger partial charge >= 0.3 is 0 Å². The van der Waals surface area contributed by atoms with Crippen molar-refractivity contribution in [2.45, 2.75) is 32.1 Å². The van der Waals surface area contributed by atoms with Crippen molar-refractivity contribution in [3.63, 3.8) is 0 Å². The maximum Gasteiger partial charge on any atom is 0.156 e. The van der Waals surface area contributed by atoms with Gasteiger partial charge in [-0.2, -0.15) is 0 Å². The van der Waals surface area contributed by atoms with Gasteiger partial charge in [0.2, 0.25) is 0 Å². The molecule has 0 amide bonds. The molecule has 0 aromatic heterocycles. The van der Waals surface area contributed by atoms with E-state index in [0.29, 0.717) is 0 Å². The summed E-state index contributed by atoms with van der Waals surface area (Å²) in [5.41, 5.74) is 0. The molecule has 0 aliphatic rings. The molecule has 0 spiro atoms. The quantitative estimate of drug-likeness (QED) is 0.680. The molecule has 0 aliphatic carbocycles. The minimum Gasteiger partial charge on any atom is -0.384 e. The molecule has 0 fully saturated rings. The fraction of sp³-hybridized carbons (Fsp3) is 1.00. The monoisotopic (exact) mass is 223 g/mol. The van der Waals surface area contributed by atoms with Crippen LogP contribution in [0.5, 0.6) is 0 Å². The smallest absolute Gasteiger partial charge is 0.156 e. The summed E-state index contributed by atoms with van der Waals surface area (Å²) in [6.45, 7) is 6.64. The third-order valence-electron chi connectivity index (χ3n) is 2.37. The van der Waals surface area contributed by atoms with Crippen molar-refractivity contribution in [1.29, 1.82) is 0 Å². The van der Waals surface area contributed by atoms with Gasteiger partial charge in [-0.1, -0.05) is 6.92 Å². The summed E-state index contributed by atoms with van der Waals surface area (Å²) < 4.78 is 28.1. The van der Waals surface area contributed by atoms with Crippen LogP contribution in [-0.2, 0) is 14.6 Å². The largest absolute Gasteiger partial charge is 0.384 e. The van der Waals surface area contributed by atoms with Crippen LogP contribution in [0.15, 0.2) is 0 Å². The van der Waals surface area contributed by atoms with Gasteiger partial charge < -0.3 is 10.1 Å². The fourth-order valence-electron chi connectivity index (χ4n) is 1.18. The summed E-state index contributed by atoms with van der Waals surface area (Å²) in [5.74, 6) is 0.0976. The van der Waals surface area contributed by atoms with E-state index in [2.05, 4.69) is 5.32 Å². The molecule has 1 N–H and O–H groups in total. The average molecular weight is 223 g/mol. The lowest BCUT2D eigenvalue weighted by Crippen LogP contribution is -2.41. The first-order valence-electron chi connectivity index (χ1n) is 4.89. The number of rotatable bonds is 7. The van der Waals surface area contributed by atoms with Crippen LogP contribution in [0.3, 0.4) is 0 Å². The lowest BCUT2D eigenvalue weighted by molar-refractivity contribution is 0.217. The predicted molar refractivity (Wildman–Crippen MR) is 58.3 cm³/mol. The van der Waals surface area contributed by atoms with E-state index in [0.717, 1.165) is 6.54 Å². The van der Waals surface area contributed by atoms with Crippen molar-refractivity contribution in [1.82, 2.24) is 5.32 Å². The number of ether oxygens (including phenoxy) is 1. The maximum absolute atomic E-state index is 11.7. The molecule has 0 rings (SSSR count). The van der Waals surface area contributed by atoms with Crippen molar-refractivity contribution < 1.29 is 13.2 Å². The molecule has 0 heterocycles. The first-order valence-corrected chi connectivity index (χ1v) is 6.61. The molecule has 5 heteroatoms. The van der Waals surface area contributed by atoms with Crippen LogP contribution in [0.1, 0.15) is 20.8 Å². The number of methoxy groups -OCH3 is 1. The highest BCUT2D eigenvalue weighted by molar-refractivity contribution is 7.92. The second kappa shape index (κ2) is 6.37. The van der Waals surface area contributed by atoms with Gasteiger partial charge in [0.25, 0.3) is 0 Å². The van der Waals surface area contributed by atoms with E-state index in [9.17, 15) is 8.42 Å². The van der Waals surface area contributed by atoms with Crippen LogP contribution < -0.4 is 5.32 Å². The average Bonchev–Trinajstić information content (AvgIpc) is 2.14. The minimum atomic E-state index is -3.03. The van der Waals surface area contributed by atoms with Crippen LogP contribution in [0.25, 0.3) is 0 Å². The summed E-state index contributed by atoms with van der Waals surface area (Å²) in [5, 5.41) is 2.74. The SMILES string of the molecule is CCNC(C)C(C)S(=O)(=O)CCOC. The number of nitrogens with one attached hydrogen (secondary N) is 1. The second-order valence-electron chi connectivity index (χ2n) is 3.41. The van der Waals surface area contributed by atoms with E-state index < -0.39 is 9.84 Å².